The van der Waals surface area contributed by atoms with Gasteiger partial charge in [0, 0.05) is 59.6 Å². The Kier molecular flexibility index (Phi) is 9.32. The summed E-state index contributed by atoms with van der Waals surface area (Å²) >= 11 is 0. The van der Waals surface area contributed by atoms with Crippen LogP contribution in [0.2, 0.25) is 0 Å². The maximum atomic E-state index is 15.2. The smallest absolute Gasteiger partial charge is 0.274 e. The molecule has 5 aromatic rings. The third kappa shape index (κ3) is 6.87. The quantitative estimate of drug-likeness (QED) is 0.170. The second-order valence-electron chi connectivity index (χ2n) is 17.1. The normalized spacial score (nSPS) is 20.7. The molecule has 13 nitrogen and oxygen atoms in total. The molecule has 300 valence electrons. The van der Waals surface area contributed by atoms with Crippen molar-refractivity contribution in [2.45, 2.75) is 88.8 Å². The van der Waals surface area contributed by atoms with Crippen molar-refractivity contribution in [3.05, 3.63) is 88.9 Å². The Bertz CT molecular complexity index is 2490. The minimum Gasteiger partial charge on any atom is -0.386 e. The van der Waals surface area contributed by atoms with E-state index in [9.17, 15) is 24.8 Å². The van der Waals surface area contributed by atoms with Gasteiger partial charge >= 0.3 is 0 Å². The van der Waals surface area contributed by atoms with Crippen molar-refractivity contribution < 1.29 is 28.3 Å². The van der Waals surface area contributed by atoms with Crippen LogP contribution < -0.4 is 15.5 Å². The highest BCUT2D eigenvalue weighted by Gasteiger charge is 2.42. The van der Waals surface area contributed by atoms with Gasteiger partial charge in [-0.25, -0.2) is 13.3 Å². The molecule has 1 atom stereocenters. The highest BCUT2D eigenvalue weighted by atomic mass is 19.1. The van der Waals surface area contributed by atoms with Crippen molar-refractivity contribution in [3.63, 3.8) is 0 Å². The number of halogens is 2. The Labute approximate surface area is 333 Å². The van der Waals surface area contributed by atoms with E-state index in [1.54, 1.807) is 32.0 Å². The Morgan fingerprint density at radius 2 is 1.72 bits per heavy atom. The van der Waals surface area contributed by atoms with Crippen molar-refractivity contribution in [1.29, 1.82) is 5.26 Å². The van der Waals surface area contributed by atoms with Crippen molar-refractivity contribution in [3.8, 4) is 6.07 Å². The first-order valence-electron chi connectivity index (χ1n) is 20.0. The fraction of sp³-hybridized carbons (Fsp3) is 0.442. The maximum absolute atomic E-state index is 15.2. The van der Waals surface area contributed by atoms with E-state index in [0.29, 0.717) is 52.8 Å². The zero-order chi connectivity index (χ0) is 40.5. The van der Waals surface area contributed by atoms with Gasteiger partial charge in [0.05, 0.1) is 40.4 Å². The molecule has 4 aliphatic rings. The molecule has 1 aliphatic carbocycles. The molecule has 6 heterocycles. The summed E-state index contributed by atoms with van der Waals surface area (Å²) in [5.41, 5.74) is 2.33. The Morgan fingerprint density at radius 3 is 2.40 bits per heavy atom. The van der Waals surface area contributed by atoms with Crippen molar-refractivity contribution in [2.24, 2.45) is 5.41 Å². The fourth-order valence-electron chi connectivity index (χ4n) is 9.60. The first kappa shape index (κ1) is 37.8. The first-order valence-corrected chi connectivity index (χ1v) is 20.0. The number of fused-ring (bicyclic) bond motifs is 2. The number of hydrogen-bond acceptors (Lipinski definition) is 9. The number of aliphatic hydroxyl groups is 1. The van der Waals surface area contributed by atoms with Gasteiger partial charge in [-0.1, -0.05) is 0 Å². The van der Waals surface area contributed by atoms with Crippen LogP contribution in [-0.2, 0) is 15.2 Å². The molecule has 0 unspecified atom stereocenters. The summed E-state index contributed by atoms with van der Waals surface area (Å²) in [6, 6.07) is 14.0. The highest BCUT2D eigenvalue weighted by molar-refractivity contribution is 6.05. The van der Waals surface area contributed by atoms with Gasteiger partial charge in [0.2, 0.25) is 11.8 Å². The van der Waals surface area contributed by atoms with Crippen LogP contribution in [0, 0.1) is 28.4 Å². The van der Waals surface area contributed by atoms with E-state index < -0.39 is 40.9 Å². The summed E-state index contributed by atoms with van der Waals surface area (Å²) in [5.74, 6) is -3.98. The Morgan fingerprint density at radius 1 is 1.00 bits per heavy atom. The molecule has 2 aromatic carbocycles. The van der Waals surface area contributed by atoms with E-state index in [1.807, 2.05) is 23.2 Å². The molecule has 1 saturated carbocycles. The van der Waals surface area contributed by atoms with Crippen molar-refractivity contribution >= 4 is 45.5 Å². The second-order valence-corrected chi connectivity index (χ2v) is 17.1. The number of rotatable bonds is 7. The minimum absolute atomic E-state index is 0.0568. The van der Waals surface area contributed by atoms with Crippen LogP contribution in [-0.4, -0.2) is 79.3 Å². The van der Waals surface area contributed by atoms with Crippen LogP contribution in [0.1, 0.15) is 104 Å². The van der Waals surface area contributed by atoms with E-state index >= 15 is 8.78 Å². The molecular formula is C43H45F2N9O4. The highest BCUT2D eigenvalue weighted by Crippen LogP contribution is 2.48. The molecule has 0 bridgehead atoms. The lowest BCUT2D eigenvalue weighted by molar-refractivity contribution is -0.134. The molecule has 9 rings (SSSR count). The van der Waals surface area contributed by atoms with Crippen LogP contribution in [0.3, 0.4) is 0 Å². The van der Waals surface area contributed by atoms with Crippen molar-refractivity contribution in [2.75, 3.05) is 36.4 Å². The Hall–Kier alpha value is -5.72. The summed E-state index contributed by atoms with van der Waals surface area (Å²) in [7, 11) is 0. The molecule has 4 fully saturated rings. The Balaban J connectivity index is 0.811. The zero-order valence-corrected chi connectivity index (χ0v) is 32.5. The van der Waals surface area contributed by atoms with Crippen molar-refractivity contribution in [1.82, 2.24) is 29.6 Å². The SMILES string of the molecule is CC(C)(O)c1cc2nn(C3CCC4(CC3)CCN(C3CN(c5cc(F)c([C@H]6CCC(=O)NC6=O)c(F)c5)C3)CC4)cc2cc1NC(=O)c1ccc2cc(C#N)cnn12. The molecule has 0 radical (unpaired) electrons. The minimum atomic E-state index is -1.26. The average Bonchev–Trinajstić information content (AvgIpc) is 3.79. The third-order valence-corrected chi connectivity index (χ3v) is 13.1. The molecule has 15 heteroatoms. The summed E-state index contributed by atoms with van der Waals surface area (Å²) in [6.45, 7) is 6.69. The van der Waals surface area contributed by atoms with Gasteiger partial charge in [0.1, 0.15) is 23.4 Å². The third-order valence-electron chi connectivity index (χ3n) is 13.1. The number of aromatic nitrogens is 4. The lowest BCUT2D eigenvalue weighted by Crippen LogP contribution is -2.61. The van der Waals surface area contributed by atoms with Crippen LogP contribution >= 0.6 is 0 Å². The van der Waals surface area contributed by atoms with Crippen LogP contribution in [0.25, 0.3) is 16.4 Å². The summed E-state index contributed by atoms with van der Waals surface area (Å²) in [4.78, 5) is 41.8. The fourth-order valence-corrected chi connectivity index (χ4v) is 9.60. The maximum Gasteiger partial charge on any atom is 0.274 e. The molecule has 3 aromatic heterocycles. The van der Waals surface area contributed by atoms with Gasteiger partial charge in [0.15, 0.2) is 0 Å². The van der Waals surface area contributed by atoms with Gasteiger partial charge in [0.25, 0.3) is 5.91 Å². The number of amides is 3. The zero-order valence-electron chi connectivity index (χ0n) is 32.5. The molecule has 3 saturated heterocycles. The number of nitrogens with zero attached hydrogens (tertiary/aromatic N) is 7. The molecule has 3 amide bonds. The number of benzene rings is 2. The van der Waals surface area contributed by atoms with E-state index in [4.69, 9.17) is 5.10 Å². The molecular weight excluding hydrogens is 745 g/mol. The number of likely N-dealkylation sites (tertiary alicyclic amines) is 1. The molecule has 3 aliphatic heterocycles. The van der Waals surface area contributed by atoms with Gasteiger partial charge in [-0.05, 0) is 120 Å². The second kappa shape index (κ2) is 14.3. The number of carbonyl (C=O) groups is 3. The van der Waals surface area contributed by atoms with Gasteiger partial charge in [-0.3, -0.25) is 29.3 Å². The lowest BCUT2D eigenvalue weighted by atomic mass is 9.66. The number of nitriles is 1. The topological polar surface area (TPSA) is 161 Å². The number of piperidine rings is 2. The van der Waals surface area contributed by atoms with Crippen LogP contribution in [0.5, 0.6) is 0 Å². The van der Waals surface area contributed by atoms with Crippen LogP contribution in [0.4, 0.5) is 20.2 Å². The summed E-state index contributed by atoms with van der Waals surface area (Å²) < 4.78 is 33.9. The van der Waals surface area contributed by atoms with Gasteiger partial charge in [-0.2, -0.15) is 15.5 Å². The van der Waals surface area contributed by atoms with E-state index in [2.05, 4.69) is 31.4 Å². The first-order chi connectivity index (χ1) is 27.8. The van der Waals surface area contributed by atoms with E-state index in [0.717, 1.165) is 62.5 Å². The predicted molar refractivity (Wildman–Crippen MR) is 211 cm³/mol. The van der Waals surface area contributed by atoms with Crippen LogP contribution in [0.15, 0.2) is 54.9 Å². The number of hydrogen-bond donors (Lipinski definition) is 3. The largest absolute Gasteiger partial charge is 0.386 e. The number of imide groups is 1. The van der Waals surface area contributed by atoms with Gasteiger partial charge < -0.3 is 15.3 Å². The summed E-state index contributed by atoms with van der Waals surface area (Å²) in [6.07, 6.45) is 10.0. The summed E-state index contributed by atoms with van der Waals surface area (Å²) in [5, 5.41) is 35.6. The number of carbonyl (C=O) groups excluding carboxylic acids is 3. The average molecular weight is 790 g/mol. The van der Waals surface area contributed by atoms with E-state index in [-0.39, 0.29) is 29.9 Å². The number of nitrogens with one attached hydrogen (secondary N) is 2. The van der Waals surface area contributed by atoms with E-state index in [1.165, 1.54) is 22.8 Å². The molecule has 1 spiro atoms. The lowest BCUT2D eigenvalue weighted by Gasteiger charge is -2.52. The predicted octanol–water partition coefficient (Wildman–Crippen LogP) is 5.92. The monoisotopic (exact) mass is 789 g/mol. The molecule has 3 N–H and O–H groups in total. The van der Waals surface area contributed by atoms with Gasteiger partial charge in [-0.15, -0.1) is 0 Å². The number of anilines is 2. The molecule has 58 heavy (non-hydrogen) atoms. The standard InChI is InChI=1S/C43H45F2N9O4/c1-42(2,58)32-19-35-26(16-36(32)48-41(57)37-5-3-28-15-25(20-46)21-47-54(28)37)22-53(50-35)27-7-9-43(10-8-27)11-13-51(14-12-43)30-23-52(24-30)29-17-33(44)39(34(45)18-29)31-4-6-38(55)49-40(31)56/h3,5,15-19,21-22,27,30-31,58H,4,6-14,23-24H2,1-2H3,(H,48,57)(H,49,55,56)/t31-/m1/s1.